The Kier molecular flexibility index (Phi) is 9.65. The molecule has 0 radical (unpaired) electrons. The summed E-state index contributed by atoms with van der Waals surface area (Å²) in [6, 6.07) is 12.4. The second-order valence-electron chi connectivity index (χ2n) is 5.75. The third-order valence-corrected chi connectivity index (χ3v) is 3.62. The summed E-state index contributed by atoms with van der Waals surface area (Å²) >= 11 is 0. The molecule has 2 aromatic carbocycles. The van der Waals surface area contributed by atoms with Crippen LogP contribution in [-0.4, -0.2) is 30.7 Å². The number of nitro groups is 1. The molecule has 11 heteroatoms. The first kappa shape index (κ1) is 24.5. The van der Waals surface area contributed by atoms with Gasteiger partial charge in [0.1, 0.15) is 5.75 Å². The maximum absolute atomic E-state index is 12.1. The van der Waals surface area contributed by atoms with Crippen molar-refractivity contribution in [3.8, 4) is 5.75 Å². The van der Waals surface area contributed by atoms with Crippen molar-refractivity contribution >= 4 is 35.6 Å². The molecule has 29 heavy (non-hydrogen) atoms. The van der Waals surface area contributed by atoms with E-state index in [4.69, 9.17) is 0 Å². The molecule has 2 rings (SSSR count). The first-order chi connectivity index (χ1) is 13.3. The van der Waals surface area contributed by atoms with Crippen molar-refractivity contribution < 1.29 is 22.8 Å². The number of nitrogens with one attached hydrogen (secondary N) is 2. The van der Waals surface area contributed by atoms with Gasteiger partial charge in [0.15, 0.2) is 12.6 Å². The number of non-ortho nitro benzene ring substituents is 1. The van der Waals surface area contributed by atoms with Gasteiger partial charge in [-0.05, 0) is 23.3 Å². The molecule has 0 bridgehead atoms. The topological polar surface area (TPSA) is 88.8 Å². The third kappa shape index (κ3) is 8.98. The Hall–Kier alpha value is -2.57. The molecule has 0 aromatic heterocycles. The molecule has 2 aromatic rings. The average Bonchev–Trinajstić information content (AvgIpc) is 2.67. The molecule has 158 valence electrons. The lowest BCUT2D eigenvalue weighted by molar-refractivity contribution is -0.384. The van der Waals surface area contributed by atoms with Crippen molar-refractivity contribution in [2.45, 2.75) is 19.3 Å². The number of nitrogens with zero attached hydrogens (tertiary/aromatic N) is 2. The van der Waals surface area contributed by atoms with Gasteiger partial charge >= 0.3 is 6.18 Å². The van der Waals surface area contributed by atoms with Crippen LogP contribution in [0.4, 0.5) is 18.9 Å². The summed E-state index contributed by atoms with van der Waals surface area (Å²) in [5.74, 6) is 0.650. The van der Waals surface area contributed by atoms with Crippen LogP contribution in [0, 0.1) is 10.1 Å². The fourth-order valence-electron chi connectivity index (χ4n) is 2.20. The number of benzene rings is 2. The molecule has 0 spiro atoms. The van der Waals surface area contributed by atoms with Crippen LogP contribution in [0.1, 0.15) is 11.1 Å². The molecule has 0 heterocycles. The summed E-state index contributed by atoms with van der Waals surface area (Å²) in [6.45, 7) is -0.509. The van der Waals surface area contributed by atoms with Crippen LogP contribution in [-0.2, 0) is 13.1 Å². The van der Waals surface area contributed by atoms with Crippen molar-refractivity contribution in [1.82, 2.24) is 10.6 Å². The highest BCUT2D eigenvalue weighted by Gasteiger charge is 2.28. The van der Waals surface area contributed by atoms with Crippen molar-refractivity contribution in [2.24, 2.45) is 4.99 Å². The maximum Gasteiger partial charge on any atom is 0.422 e. The van der Waals surface area contributed by atoms with Crippen LogP contribution in [0.5, 0.6) is 5.75 Å². The fourth-order valence-corrected chi connectivity index (χ4v) is 2.20. The third-order valence-electron chi connectivity index (χ3n) is 3.62. The minimum atomic E-state index is -4.37. The van der Waals surface area contributed by atoms with E-state index in [0.29, 0.717) is 19.0 Å². The minimum absolute atomic E-state index is 0. The lowest BCUT2D eigenvalue weighted by atomic mass is 10.2. The number of ether oxygens (including phenoxy) is 1. The van der Waals surface area contributed by atoms with Crippen molar-refractivity contribution in [1.29, 1.82) is 0 Å². The number of aliphatic imine (C=N–C) groups is 1. The van der Waals surface area contributed by atoms with E-state index in [1.165, 1.54) is 24.3 Å². The molecule has 0 aliphatic rings. The normalized spacial score (nSPS) is 11.4. The van der Waals surface area contributed by atoms with E-state index in [1.807, 2.05) is 0 Å². The van der Waals surface area contributed by atoms with Crippen LogP contribution < -0.4 is 15.4 Å². The molecule has 0 saturated carbocycles. The Balaban J connectivity index is 0.00000420. The van der Waals surface area contributed by atoms with Crippen molar-refractivity contribution in [2.75, 3.05) is 13.7 Å². The zero-order chi connectivity index (χ0) is 20.6. The van der Waals surface area contributed by atoms with E-state index >= 15 is 0 Å². The van der Waals surface area contributed by atoms with E-state index in [0.717, 1.165) is 11.1 Å². The standard InChI is InChI=1S/C18H19F3N4O3.HI/c1-22-17(23-10-13-2-6-15(7-3-13)25(26)27)24-11-14-4-8-16(9-5-14)28-12-18(19,20)21;/h2-9H,10-12H2,1H3,(H2,22,23,24);1H. The van der Waals surface area contributed by atoms with Gasteiger partial charge in [0.05, 0.1) is 4.92 Å². The van der Waals surface area contributed by atoms with Gasteiger partial charge in [-0.3, -0.25) is 15.1 Å². The molecular weight excluding hydrogens is 504 g/mol. The van der Waals surface area contributed by atoms with Crippen molar-refractivity contribution in [3.05, 3.63) is 69.8 Å². The largest absolute Gasteiger partial charge is 0.484 e. The number of halogens is 4. The van der Waals surface area contributed by atoms with E-state index < -0.39 is 17.7 Å². The van der Waals surface area contributed by atoms with Gasteiger partial charge in [-0.1, -0.05) is 24.3 Å². The summed E-state index contributed by atoms with van der Waals surface area (Å²) in [4.78, 5) is 14.3. The molecule has 0 fully saturated rings. The molecule has 0 unspecified atom stereocenters. The van der Waals surface area contributed by atoms with Crippen LogP contribution in [0.25, 0.3) is 0 Å². The Labute approximate surface area is 182 Å². The van der Waals surface area contributed by atoms with Gasteiger partial charge in [0.2, 0.25) is 0 Å². The van der Waals surface area contributed by atoms with E-state index in [2.05, 4.69) is 20.4 Å². The number of hydrogen-bond donors (Lipinski definition) is 2. The molecule has 7 nitrogen and oxygen atoms in total. The Bertz CT molecular complexity index is 813. The molecule has 2 N–H and O–H groups in total. The van der Waals surface area contributed by atoms with Gasteiger partial charge in [0, 0.05) is 32.3 Å². The van der Waals surface area contributed by atoms with E-state index in [9.17, 15) is 23.3 Å². The quantitative estimate of drug-likeness (QED) is 0.188. The van der Waals surface area contributed by atoms with Crippen LogP contribution in [0.15, 0.2) is 53.5 Å². The zero-order valence-corrected chi connectivity index (χ0v) is 17.7. The molecule has 0 amide bonds. The van der Waals surface area contributed by atoms with Crippen molar-refractivity contribution in [3.63, 3.8) is 0 Å². The molecule has 0 aliphatic carbocycles. The van der Waals surface area contributed by atoms with E-state index in [-0.39, 0.29) is 35.4 Å². The SMILES string of the molecule is CN=C(NCc1ccc(OCC(F)(F)F)cc1)NCc1ccc([N+](=O)[O-])cc1.I. The highest BCUT2D eigenvalue weighted by molar-refractivity contribution is 14.0. The molecule has 0 aliphatic heterocycles. The number of nitro benzene ring substituents is 1. The lowest BCUT2D eigenvalue weighted by Crippen LogP contribution is -2.36. The van der Waals surface area contributed by atoms with Gasteiger partial charge in [-0.2, -0.15) is 13.2 Å². The van der Waals surface area contributed by atoms with Crippen LogP contribution in [0.2, 0.25) is 0 Å². The lowest BCUT2D eigenvalue weighted by Gasteiger charge is -2.13. The fraction of sp³-hybridized carbons (Fsp3) is 0.278. The predicted octanol–water partition coefficient (Wildman–Crippen LogP) is 4.02. The summed E-state index contributed by atoms with van der Waals surface area (Å²) in [6.07, 6.45) is -4.37. The molecular formula is C18H20F3IN4O3. The average molecular weight is 524 g/mol. The van der Waals surface area contributed by atoms with Crippen LogP contribution in [0.3, 0.4) is 0 Å². The monoisotopic (exact) mass is 524 g/mol. The summed E-state index contributed by atoms with van der Waals surface area (Å²) in [7, 11) is 1.60. The highest BCUT2D eigenvalue weighted by Crippen LogP contribution is 2.18. The molecule has 0 saturated heterocycles. The Morgan fingerprint density at radius 3 is 1.93 bits per heavy atom. The van der Waals surface area contributed by atoms with Gasteiger partial charge in [-0.25, -0.2) is 0 Å². The second-order valence-corrected chi connectivity index (χ2v) is 5.75. The summed E-state index contributed by atoms with van der Waals surface area (Å²) < 4.78 is 41.1. The first-order valence-electron chi connectivity index (χ1n) is 8.23. The zero-order valence-electron chi connectivity index (χ0n) is 15.4. The first-order valence-corrected chi connectivity index (χ1v) is 8.23. The van der Waals surface area contributed by atoms with Gasteiger partial charge in [-0.15, -0.1) is 24.0 Å². The summed E-state index contributed by atoms with van der Waals surface area (Å²) in [5, 5.41) is 16.8. The molecule has 0 atom stereocenters. The van der Waals surface area contributed by atoms with E-state index in [1.54, 1.807) is 31.3 Å². The number of guanidine groups is 1. The second kappa shape index (κ2) is 11.4. The van der Waals surface area contributed by atoms with Gasteiger partial charge < -0.3 is 15.4 Å². The maximum atomic E-state index is 12.1. The predicted molar refractivity (Wildman–Crippen MR) is 114 cm³/mol. The Morgan fingerprint density at radius 1 is 1.03 bits per heavy atom. The highest BCUT2D eigenvalue weighted by atomic mass is 127. The smallest absolute Gasteiger partial charge is 0.422 e. The minimum Gasteiger partial charge on any atom is -0.484 e. The number of rotatable bonds is 7. The Morgan fingerprint density at radius 2 is 1.52 bits per heavy atom. The van der Waals surface area contributed by atoms with Crippen LogP contribution >= 0.6 is 24.0 Å². The summed E-state index contributed by atoms with van der Waals surface area (Å²) in [5.41, 5.74) is 1.70. The number of hydrogen-bond acceptors (Lipinski definition) is 4. The number of alkyl halides is 3. The van der Waals surface area contributed by atoms with Gasteiger partial charge in [0.25, 0.3) is 5.69 Å².